The first-order chi connectivity index (χ1) is 9.58. The number of hydrogen-bond acceptors (Lipinski definition) is 3. The predicted octanol–water partition coefficient (Wildman–Crippen LogP) is 1.65. The fourth-order valence-corrected chi connectivity index (χ4v) is 3.46. The van der Waals surface area contributed by atoms with Gasteiger partial charge in [0.15, 0.2) is 0 Å². The van der Waals surface area contributed by atoms with Gasteiger partial charge < -0.3 is 16.2 Å². The Kier molecular flexibility index (Phi) is 5.40. The van der Waals surface area contributed by atoms with Crippen molar-refractivity contribution in [2.75, 3.05) is 0 Å². The highest BCUT2D eigenvalue weighted by molar-refractivity contribution is 5.80. The number of nitrogens with two attached hydrogens (primary N) is 1. The van der Waals surface area contributed by atoms with Gasteiger partial charge in [-0.1, -0.05) is 19.3 Å². The van der Waals surface area contributed by atoms with E-state index in [0.29, 0.717) is 6.42 Å². The Labute approximate surface area is 120 Å². The molecule has 0 bridgehead atoms. The number of rotatable bonds is 3. The van der Waals surface area contributed by atoms with E-state index in [2.05, 4.69) is 5.32 Å². The van der Waals surface area contributed by atoms with Crippen molar-refractivity contribution >= 4 is 11.9 Å². The minimum absolute atomic E-state index is 0.0208. The lowest BCUT2D eigenvalue weighted by Gasteiger charge is -2.29. The molecule has 0 aromatic heterocycles. The molecule has 2 atom stereocenters. The SMILES string of the molecule is NC1CCC(C(=O)NC2CCCCCC2C(=O)O)CC1. The summed E-state index contributed by atoms with van der Waals surface area (Å²) in [5, 5.41) is 12.3. The highest BCUT2D eigenvalue weighted by Gasteiger charge is 2.33. The molecule has 0 aliphatic heterocycles. The normalized spacial score (nSPS) is 35.0. The Hall–Kier alpha value is -1.10. The summed E-state index contributed by atoms with van der Waals surface area (Å²) in [6.07, 6.45) is 7.93. The van der Waals surface area contributed by atoms with E-state index in [4.69, 9.17) is 5.73 Å². The van der Waals surface area contributed by atoms with Gasteiger partial charge in [0.2, 0.25) is 5.91 Å². The minimum atomic E-state index is -0.775. The van der Waals surface area contributed by atoms with Gasteiger partial charge in [0, 0.05) is 18.0 Å². The number of carboxylic acids is 1. The molecule has 5 heteroatoms. The summed E-state index contributed by atoms with van der Waals surface area (Å²) in [4.78, 5) is 23.7. The van der Waals surface area contributed by atoms with E-state index in [0.717, 1.165) is 51.4 Å². The number of amides is 1. The summed E-state index contributed by atoms with van der Waals surface area (Å²) >= 11 is 0. The number of carbonyl (C=O) groups is 2. The topological polar surface area (TPSA) is 92.4 Å². The highest BCUT2D eigenvalue weighted by Crippen LogP contribution is 2.27. The van der Waals surface area contributed by atoms with Gasteiger partial charge in [0.05, 0.1) is 5.92 Å². The molecule has 20 heavy (non-hydrogen) atoms. The summed E-state index contributed by atoms with van der Waals surface area (Å²) in [7, 11) is 0. The molecule has 2 rings (SSSR count). The van der Waals surface area contributed by atoms with Crippen molar-refractivity contribution in [1.82, 2.24) is 5.32 Å². The molecule has 5 nitrogen and oxygen atoms in total. The second-order valence-electron chi connectivity index (χ2n) is 6.31. The van der Waals surface area contributed by atoms with E-state index in [1.165, 1.54) is 0 Å². The maximum Gasteiger partial charge on any atom is 0.308 e. The van der Waals surface area contributed by atoms with Crippen molar-refractivity contribution in [3.05, 3.63) is 0 Å². The highest BCUT2D eigenvalue weighted by atomic mass is 16.4. The average Bonchev–Trinajstić information content (AvgIpc) is 2.65. The molecule has 4 N–H and O–H groups in total. The molecule has 0 saturated heterocycles. The van der Waals surface area contributed by atoms with Crippen LogP contribution in [0.4, 0.5) is 0 Å². The van der Waals surface area contributed by atoms with Crippen LogP contribution in [0.25, 0.3) is 0 Å². The zero-order valence-corrected chi connectivity index (χ0v) is 12.0. The Morgan fingerprint density at radius 2 is 1.60 bits per heavy atom. The second-order valence-corrected chi connectivity index (χ2v) is 6.31. The van der Waals surface area contributed by atoms with Crippen LogP contribution in [0.5, 0.6) is 0 Å². The molecule has 0 aromatic carbocycles. The third-order valence-electron chi connectivity index (χ3n) is 4.80. The minimum Gasteiger partial charge on any atom is -0.481 e. The van der Waals surface area contributed by atoms with Crippen LogP contribution in [-0.4, -0.2) is 29.1 Å². The molecule has 2 saturated carbocycles. The van der Waals surface area contributed by atoms with Gasteiger partial charge in [-0.2, -0.15) is 0 Å². The molecule has 2 unspecified atom stereocenters. The fraction of sp³-hybridized carbons (Fsp3) is 0.867. The number of aliphatic carboxylic acids is 1. The number of carboxylic acid groups (broad SMARTS) is 1. The predicted molar refractivity (Wildman–Crippen MR) is 76.1 cm³/mol. The Morgan fingerprint density at radius 1 is 0.950 bits per heavy atom. The van der Waals surface area contributed by atoms with Crippen LogP contribution in [-0.2, 0) is 9.59 Å². The van der Waals surface area contributed by atoms with Crippen molar-refractivity contribution in [2.24, 2.45) is 17.6 Å². The van der Waals surface area contributed by atoms with E-state index in [9.17, 15) is 14.7 Å². The van der Waals surface area contributed by atoms with Gasteiger partial charge in [-0.3, -0.25) is 9.59 Å². The first-order valence-corrected chi connectivity index (χ1v) is 7.86. The van der Waals surface area contributed by atoms with E-state index in [-0.39, 0.29) is 23.9 Å². The lowest BCUT2D eigenvalue weighted by atomic mass is 9.85. The van der Waals surface area contributed by atoms with Crippen LogP contribution in [0.3, 0.4) is 0 Å². The third-order valence-corrected chi connectivity index (χ3v) is 4.80. The lowest BCUT2D eigenvalue weighted by molar-refractivity contribution is -0.143. The van der Waals surface area contributed by atoms with Crippen LogP contribution in [0.2, 0.25) is 0 Å². The third kappa shape index (κ3) is 3.95. The van der Waals surface area contributed by atoms with Crippen molar-refractivity contribution < 1.29 is 14.7 Å². The Bertz CT molecular complexity index is 351. The van der Waals surface area contributed by atoms with Crippen LogP contribution in [0.15, 0.2) is 0 Å². The summed E-state index contributed by atoms with van der Waals surface area (Å²) in [5.74, 6) is -1.14. The number of nitrogens with one attached hydrogen (secondary N) is 1. The molecule has 0 spiro atoms. The monoisotopic (exact) mass is 282 g/mol. The van der Waals surface area contributed by atoms with Crippen LogP contribution in [0, 0.1) is 11.8 Å². The van der Waals surface area contributed by atoms with Crippen LogP contribution in [0.1, 0.15) is 57.8 Å². The summed E-state index contributed by atoms with van der Waals surface area (Å²) in [6.45, 7) is 0. The first-order valence-electron chi connectivity index (χ1n) is 7.86. The van der Waals surface area contributed by atoms with Gasteiger partial charge in [-0.25, -0.2) is 0 Å². The molecular weight excluding hydrogens is 256 g/mol. The van der Waals surface area contributed by atoms with E-state index < -0.39 is 11.9 Å². The largest absolute Gasteiger partial charge is 0.481 e. The van der Waals surface area contributed by atoms with Crippen molar-refractivity contribution in [3.63, 3.8) is 0 Å². The Balaban J connectivity index is 1.92. The molecule has 114 valence electrons. The second kappa shape index (κ2) is 7.07. The van der Waals surface area contributed by atoms with Gasteiger partial charge in [0.1, 0.15) is 0 Å². The quantitative estimate of drug-likeness (QED) is 0.686. The lowest BCUT2D eigenvalue weighted by Crippen LogP contribution is -2.46. The molecule has 2 aliphatic rings. The summed E-state index contributed by atoms with van der Waals surface area (Å²) in [5.41, 5.74) is 5.85. The fourth-order valence-electron chi connectivity index (χ4n) is 3.46. The van der Waals surface area contributed by atoms with Crippen molar-refractivity contribution in [3.8, 4) is 0 Å². The Morgan fingerprint density at radius 3 is 2.25 bits per heavy atom. The standard InChI is InChI=1S/C15H26N2O3/c16-11-8-6-10(7-9-11)14(18)17-13-5-3-1-2-4-12(13)15(19)20/h10-13H,1-9,16H2,(H,17,18)(H,19,20). The van der Waals surface area contributed by atoms with Crippen LogP contribution < -0.4 is 11.1 Å². The van der Waals surface area contributed by atoms with E-state index >= 15 is 0 Å². The average molecular weight is 282 g/mol. The molecule has 0 aromatic rings. The number of carbonyl (C=O) groups excluding carboxylic acids is 1. The summed E-state index contributed by atoms with van der Waals surface area (Å²) < 4.78 is 0. The maximum atomic E-state index is 12.3. The van der Waals surface area contributed by atoms with Crippen molar-refractivity contribution in [1.29, 1.82) is 0 Å². The van der Waals surface area contributed by atoms with E-state index in [1.807, 2.05) is 0 Å². The van der Waals surface area contributed by atoms with Crippen LogP contribution >= 0.6 is 0 Å². The van der Waals surface area contributed by atoms with Gasteiger partial charge in [0.25, 0.3) is 0 Å². The van der Waals surface area contributed by atoms with E-state index in [1.54, 1.807) is 0 Å². The molecule has 0 heterocycles. The number of hydrogen-bond donors (Lipinski definition) is 3. The van der Waals surface area contributed by atoms with Gasteiger partial charge in [-0.05, 0) is 38.5 Å². The molecule has 0 radical (unpaired) electrons. The first kappa shape index (κ1) is 15.3. The van der Waals surface area contributed by atoms with Crippen molar-refractivity contribution in [2.45, 2.75) is 69.9 Å². The molecule has 1 amide bonds. The molecule has 2 aliphatic carbocycles. The molecule has 2 fully saturated rings. The van der Waals surface area contributed by atoms with Gasteiger partial charge in [-0.15, -0.1) is 0 Å². The van der Waals surface area contributed by atoms with Gasteiger partial charge >= 0.3 is 5.97 Å². The maximum absolute atomic E-state index is 12.3. The smallest absolute Gasteiger partial charge is 0.308 e. The summed E-state index contributed by atoms with van der Waals surface area (Å²) in [6, 6.07) is 0.0294. The zero-order valence-electron chi connectivity index (χ0n) is 12.0. The zero-order chi connectivity index (χ0) is 14.5. The molecular formula is C15H26N2O3.